The average Bonchev–Trinajstić information content (AvgIpc) is 2.47. The van der Waals surface area contributed by atoms with Gasteiger partial charge in [-0.3, -0.25) is 0 Å². The van der Waals surface area contributed by atoms with E-state index in [9.17, 15) is 9.59 Å². The Morgan fingerprint density at radius 3 is 2.30 bits per heavy atom. The third kappa shape index (κ3) is 5.81. The van der Waals surface area contributed by atoms with Crippen molar-refractivity contribution in [3.8, 4) is 0 Å². The third-order valence-corrected chi connectivity index (χ3v) is 3.51. The number of anilines is 1. The van der Waals surface area contributed by atoms with Crippen LogP contribution in [0, 0.1) is 0 Å². The lowest BCUT2D eigenvalue weighted by molar-refractivity contribution is 0.0202. The Balaban J connectivity index is 1.74. The van der Waals surface area contributed by atoms with Crippen LogP contribution in [0.3, 0.4) is 0 Å². The molecule has 1 saturated heterocycles. The molecule has 1 aliphatic heterocycles. The normalized spacial score (nSPS) is 15.9. The number of carbonyl (C=O) groups excluding carboxylic acids is 2. The zero-order valence-corrected chi connectivity index (χ0v) is 14.0. The summed E-state index contributed by atoms with van der Waals surface area (Å²) in [6.45, 7) is 6.74. The second-order valence-corrected chi connectivity index (χ2v) is 6.71. The van der Waals surface area contributed by atoms with Gasteiger partial charge in [0.2, 0.25) is 0 Å². The maximum Gasteiger partial charge on any atom is 0.410 e. The summed E-state index contributed by atoms with van der Waals surface area (Å²) in [4.78, 5) is 25.6. The Bertz CT molecular complexity index is 532. The second-order valence-electron chi connectivity index (χ2n) is 6.71. The molecule has 1 aromatic rings. The summed E-state index contributed by atoms with van der Waals surface area (Å²) >= 11 is 0. The van der Waals surface area contributed by atoms with Crippen LogP contribution < -0.4 is 10.6 Å². The molecule has 6 heteroatoms. The van der Waals surface area contributed by atoms with Gasteiger partial charge in [0, 0.05) is 24.8 Å². The lowest BCUT2D eigenvalue weighted by Gasteiger charge is -2.33. The number of piperidine rings is 1. The van der Waals surface area contributed by atoms with Crippen molar-refractivity contribution >= 4 is 17.8 Å². The zero-order chi connectivity index (χ0) is 16.9. The van der Waals surface area contributed by atoms with Crippen molar-refractivity contribution in [1.29, 1.82) is 0 Å². The van der Waals surface area contributed by atoms with Gasteiger partial charge in [-0.15, -0.1) is 0 Å². The SMILES string of the molecule is CC(C)(C)OC(=O)N1CCC(NC(=O)Nc2ccccc2)CC1. The molecule has 1 aromatic carbocycles. The van der Waals surface area contributed by atoms with Crippen LogP contribution >= 0.6 is 0 Å². The number of rotatable bonds is 2. The summed E-state index contributed by atoms with van der Waals surface area (Å²) in [6.07, 6.45) is 1.16. The van der Waals surface area contributed by atoms with Crippen molar-refractivity contribution in [3.63, 3.8) is 0 Å². The Kier molecular flexibility index (Phi) is 5.47. The molecular weight excluding hydrogens is 294 g/mol. The minimum atomic E-state index is -0.484. The molecule has 0 saturated carbocycles. The molecule has 0 spiro atoms. The number of urea groups is 1. The van der Waals surface area contributed by atoms with E-state index in [1.54, 1.807) is 4.90 Å². The Morgan fingerprint density at radius 2 is 1.74 bits per heavy atom. The summed E-state index contributed by atoms with van der Waals surface area (Å²) in [7, 11) is 0. The van der Waals surface area contributed by atoms with E-state index in [4.69, 9.17) is 4.74 Å². The number of carbonyl (C=O) groups is 2. The number of benzene rings is 1. The van der Waals surface area contributed by atoms with Crippen LogP contribution in [0.5, 0.6) is 0 Å². The Labute approximate surface area is 137 Å². The number of para-hydroxylation sites is 1. The van der Waals surface area contributed by atoms with Gasteiger partial charge in [0.1, 0.15) is 5.60 Å². The van der Waals surface area contributed by atoms with Crippen molar-refractivity contribution in [2.45, 2.75) is 45.3 Å². The van der Waals surface area contributed by atoms with Gasteiger partial charge in [0.25, 0.3) is 0 Å². The molecule has 3 amide bonds. The number of nitrogens with one attached hydrogen (secondary N) is 2. The van der Waals surface area contributed by atoms with Crippen molar-refractivity contribution in [3.05, 3.63) is 30.3 Å². The number of ether oxygens (including phenoxy) is 1. The highest BCUT2D eigenvalue weighted by atomic mass is 16.6. The number of likely N-dealkylation sites (tertiary alicyclic amines) is 1. The van der Waals surface area contributed by atoms with Gasteiger partial charge in [-0.1, -0.05) is 18.2 Å². The molecule has 0 bridgehead atoms. The van der Waals surface area contributed by atoms with Gasteiger partial charge in [-0.05, 0) is 45.7 Å². The van der Waals surface area contributed by atoms with Gasteiger partial charge in [-0.2, -0.15) is 0 Å². The molecule has 126 valence electrons. The van der Waals surface area contributed by atoms with E-state index in [0.29, 0.717) is 13.1 Å². The minimum absolute atomic E-state index is 0.0670. The fraction of sp³-hybridized carbons (Fsp3) is 0.529. The molecule has 1 heterocycles. The summed E-state index contributed by atoms with van der Waals surface area (Å²) in [5.41, 5.74) is 0.276. The highest BCUT2D eigenvalue weighted by molar-refractivity contribution is 5.89. The number of hydrogen-bond donors (Lipinski definition) is 2. The molecule has 2 N–H and O–H groups in total. The smallest absolute Gasteiger partial charge is 0.410 e. The van der Waals surface area contributed by atoms with Crippen LogP contribution in [0.25, 0.3) is 0 Å². The maximum atomic E-state index is 12.0. The average molecular weight is 319 g/mol. The summed E-state index contributed by atoms with van der Waals surface area (Å²) in [6, 6.07) is 9.17. The first-order chi connectivity index (χ1) is 10.8. The molecule has 0 radical (unpaired) electrons. The van der Waals surface area contributed by atoms with E-state index in [2.05, 4.69) is 10.6 Å². The third-order valence-electron chi connectivity index (χ3n) is 3.51. The highest BCUT2D eigenvalue weighted by Gasteiger charge is 2.27. The van der Waals surface area contributed by atoms with Gasteiger partial charge in [-0.25, -0.2) is 9.59 Å². The van der Waals surface area contributed by atoms with E-state index in [1.807, 2.05) is 51.1 Å². The first-order valence-corrected chi connectivity index (χ1v) is 7.94. The Hall–Kier alpha value is -2.24. The topological polar surface area (TPSA) is 70.7 Å². The van der Waals surface area contributed by atoms with Crippen LogP contribution in [-0.4, -0.2) is 41.8 Å². The van der Waals surface area contributed by atoms with Gasteiger partial charge in [0.15, 0.2) is 0 Å². The second kappa shape index (κ2) is 7.35. The van der Waals surface area contributed by atoms with E-state index in [-0.39, 0.29) is 18.2 Å². The van der Waals surface area contributed by atoms with E-state index in [1.165, 1.54) is 0 Å². The summed E-state index contributed by atoms with van der Waals surface area (Å²) < 4.78 is 5.36. The van der Waals surface area contributed by atoms with Crippen LogP contribution in [0.2, 0.25) is 0 Å². The van der Waals surface area contributed by atoms with Crippen LogP contribution in [0.4, 0.5) is 15.3 Å². The first-order valence-electron chi connectivity index (χ1n) is 7.94. The summed E-state index contributed by atoms with van der Waals surface area (Å²) in [5, 5.41) is 5.75. The fourth-order valence-corrected chi connectivity index (χ4v) is 2.41. The predicted octanol–water partition coefficient (Wildman–Crippen LogP) is 3.21. The van der Waals surface area contributed by atoms with Gasteiger partial charge >= 0.3 is 12.1 Å². The molecule has 23 heavy (non-hydrogen) atoms. The minimum Gasteiger partial charge on any atom is -0.444 e. The quantitative estimate of drug-likeness (QED) is 0.879. The Morgan fingerprint density at radius 1 is 1.13 bits per heavy atom. The lowest BCUT2D eigenvalue weighted by atomic mass is 10.1. The molecular formula is C17H25N3O3. The van der Waals surface area contributed by atoms with E-state index in [0.717, 1.165) is 18.5 Å². The van der Waals surface area contributed by atoms with Crippen LogP contribution in [0.1, 0.15) is 33.6 Å². The predicted molar refractivity (Wildman–Crippen MR) is 89.4 cm³/mol. The van der Waals surface area contributed by atoms with Crippen molar-refractivity contribution in [1.82, 2.24) is 10.2 Å². The molecule has 0 aromatic heterocycles. The zero-order valence-electron chi connectivity index (χ0n) is 14.0. The molecule has 2 rings (SSSR count). The van der Waals surface area contributed by atoms with Gasteiger partial charge in [0.05, 0.1) is 0 Å². The number of nitrogens with zero attached hydrogens (tertiary/aromatic N) is 1. The highest BCUT2D eigenvalue weighted by Crippen LogP contribution is 2.15. The standard InChI is InChI=1S/C17H25N3O3/c1-17(2,3)23-16(22)20-11-9-14(10-12-20)19-15(21)18-13-7-5-4-6-8-13/h4-8,14H,9-12H2,1-3H3,(H2,18,19,21). The van der Waals surface area contributed by atoms with Gasteiger partial charge < -0.3 is 20.3 Å². The largest absolute Gasteiger partial charge is 0.444 e. The molecule has 0 aliphatic carbocycles. The molecule has 0 atom stereocenters. The van der Waals surface area contributed by atoms with Crippen molar-refractivity contribution in [2.75, 3.05) is 18.4 Å². The van der Waals surface area contributed by atoms with Crippen molar-refractivity contribution < 1.29 is 14.3 Å². The van der Waals surface area contributed by atoms with E-state index >= 15 is 0 Å². The first kappa shape index (κ1) is 17.1. The monoisotopic (exact) mass is 319 g/mol. The molecule has 6 nitrogen and oxygen atoms in total. The maximum absolute atomic E-state index is 12.0. The fourth-order valence-electron chi connectivity index (χ4n) is 2.41. The van der Waals surface area contributed by atoms with E-state index < -0.39 is 5.60 Å². The number of hydrogen-bond acceptors (Lipinski definition) is 3. The molecule has 1 aliphatic rings. The van der Waals surface area contributed by atoms with Crippen molar-refractivity contribution in [2.24, 2.45) is 0 Å². The van der Waals surface area contributed by atoms with Crippen LogP contribution in [0.15, 0.2) is 30.3 Å². The lowest BCUT2D eigenvalue weighted by Crippen LogP contribution is -2.48. The number of amides is 3. The van der Waals surface area contributed by atoms with Crippen LogP contribution in [-0.2, 0) is 4.74 Å². The molecule has 0 unspecified atom stereocenters. The summed E-state index contributed by atoms with van der Waals surface area (Å²) in [5.74, 6) is 0. The molecule has 1 fully saturated rings.